The molecule has 0 aromatic carbocycles. The molecule has 0 aliphatic heterocycles. The summed E-state index contributed by atoms with van der Waals surface area (Å²) >= 11 is 9.84. The Morgan fingerprint density at radius 2 is 2.00 bits per heavy atom. The van der Waals surface area contributed by atoms with Crippen LogP contribution in [0.4, 0.5) is 13.2 Å². The summed E-state index contributed by atoms with van der Waals surface area (Å²) in [6, 6.07) is 0.845. The standard InChI is InChI=1S/C6H3ClF3NS/c7-4-3(6(8,9)10)1-2-11-5(4)12/h1-2H,(H,11,12). The highest BCUT2D eigenvalue weighted by molar-refractivity contribution is 7.71. The fourth-order valence-corrected chi connectivity index (χ4v) is 1.08. The number of alkyl halides is 3. The zero-order chi connectivity index (χ0) is 9.35. The van der Waals surface area contributed by atoms with Crippen LogP contribution in [0.15, 0.2) is 12.3 Å². The van der Waals surface area contributed by atoms with E-state index in [2.05, 4.69) is 17.2 Å². The van der Waals surface area contributed by atoms with Gasteiger partial charge in [-0.15, -0.1) is 0 Å². The maximum Gasteiger partial charge on any atom is 0.418 e. The lowest BCUT2D eigenvalue weighted by Crippen LogP contribution is -2.06. The lowest BCUT2D eigenvalue weighted by Gasteiger charge is -2.07. The fraction of sp³-hybridized carbons (Fsp3) is 0.167. The van der Waals surface area contributed by atoms with E-state index in [1.165, 1.54) is 0 Å². The Labute approximate surface area is 76.2 Å². The molecule has 0 amide bonds. The third-order valence-electron chi connectivity index (χ3n) is 1.21. The fourth-order valence-electron chi connectivity index (χ4n) is 0.678. The molecule has 0 atom stereocenters. The van der Waals surface area contributed by atoms with Crippen LogP contribution in [0.25, 0.3) is 0 Å². The first kappa shape index (κ1) is 9.54. The molecule has 0 aliphatic rings. The van der Waals surface area contributed by atoms with E-state index in [1.54, 1.807) is 0 Å². The van der Waals surface area contributed by atoms with Crippen molar-refractivity contribution < 1.29 is 13.2 Å². The molecule has 0 spiro atoms. The van der Waals surface area contributed by atoms with E-state index in [4.69, 9.17) is 11.6 Å². The molecule has 0 saturated heterocycles. The van der Waals surface area contributed by atoms with Gasteiger partial charge >= 0.3 is 6.18 Å². The molecule has 66 valence electrons. The molecule has 0 radical (unpaired) electrons. The number of nitrogens with one attached hydrogen (secondary N) is 1. The number of hydrogen-bond acceptors (Lipinski definition) is 1. The van der Waals surface area contributed by atoms with Crippen molar-refractivity contribution in [2.45, 2.75) is 6.18 Å². The summed E-state index contributed by atoms with van der Waals surface area (Å²) in [5, 5.41) is -0.458. The number of H-pyrrole nitrogens is 1. The Morgan fingerprint density at radius 3 is 2.42 bits per heavy atom. The number of halogens is 4. The van der Waals surface area contributed by atoms with Gasteiger partial charge in [-0.05, 0) is 6.07 Å². The van der Waals surface area contributed by atoms with Crippen molar-refractivity contribution in [3.63, 3.8) is 0 Å². The summed E-state index contributed by atoms with van der Waals surface area (Å²) in [5.74, 6) is 0. The first-order valence-corrected chi connectivity index (χ1v) is 3.66. The van der Waals surface area contributed by atoms with Crippen LogP contribution in [0.2, 0.25) is 5.02 Å². The predicted molar refractivity (Wildman–Crippen MR) is 41.6 cm³/mol. The summed E-state index contributed by atoms with van der Waals surface area (Å²) in [5.41, 5.74) is -0.909. The zero-order valence-electron chi connectivity index (χ0n) is 5.57. The minimum absolute atomic E-state index is 0.105. The molecule has 1 aromatic heterocycles. The zero-order valence-corrected chi connectivity index (χ0v) is 7.15. The SMILES string of the molecule is FC(F)(F)c1cc[nH]c(=S)c1Cl. The van der Waals surface area contributed by atoms with Crippen molar-refractivity contribution >= 4 is 23.8 Å². The second-order valence-corrected chi connectivity index (χ2v) is 2.82. The first-order chi connectivity index (χ1) is 5.43. The molecule has 1 nitrogen and oxygen atoms in total. The molecule has 1 rings (SSSR count). The van der Waals surface area contributed by atoms with E-state index in [1.807, 2.05) is 0 Å². The van der Waals surface area contributed by atoms with E-state index in [9.17, 15) is 13.2 Å². The smallest absolute Gasteiger partial charge is 0.352 e. The Hall–Kier alpha value is -0.550. The van der Waals surface area contributed by atoms with Crippen LogP contribution in [0, 0.1) is 4.64 Å². The first-order valence-electron chi connectivity index (χ1n) is 2.87. The van der Waals surface area contributed by atoms with Gasteiger partial charge in [0.1, 0.15) is 4.64 Å². The molecule has 0 fully saturated rings. The quantitative estimate of drug-likeness (QED) is 0.653. The van der Waals surface area contributed by atoms with E-state index in [0.717, 1.165) is 12.3 Å². The highest BCUT2D eigenvalue weighted by Gasteiger charge is 2.33. The highest BCUT2D eigenvalue weighted by Crippen LogP contribution is 2.34. The second kappa shape index (κ2) is 3.06. The molecular weight excluding hydrogens is 211 g/mol. The second-order valence-electron chi connectivity index (χ2n) is 2.03. The Kier molecular flexibility index (Phi) is 2.44. The lowest BCUT2D eigenvalue weighted by molar-refractivity contribution is -0.137. The molecule has 6 heteroatoms. The lowest BCUT2D eigenvalue weighted by atomic mass is 10.3. The summed E-state index contributed by atoms with van der Waals surface area (Å²) in [6.07, 6.45) is -3.34. The molecule has 0 aliphatic carbocycles. The molecule has 1 heterocycles. The van der Waals surface area contributed by atoms with Crippen LogP contribution in [0.3, 0.4) is 0 Å². The van der Waals surface area contributed by atoms with Gasteiger partial charge in [-0.1, -0.05) is 23.8 Å². The summed E-state index contributed by atoms with van der Waals surface area (Å²) in [4.78, 5) is 2.39. The number of rotatable bonds is 0. The average Bonchev–Trinajstić information content (AvgIpc) is 1.92. The van der Waals surface area contributed by atoms with Crippen LogP contribution >= 0.6 is 23.8 Å². The monoisotopic (exact) mass is 213 g/mol. The van der Waals surface area contributed by atoms with Crippen molar-refractivity contribution in [2.24, 2.45) is 0 Å². The van der Waals surface area contributed by atoms with Gasteiger partial charge in [0, 0.05) is 6.20 Å². The van der Waals surface area contributed by atoms with Crippen molar-refractivity contribution in [2.75, 3.05) is 0 Å². The Morgan fingerprint density at radius 1 is 1.42 bits per heavy atom. The maximum absolute atomic E-state index is 12.1. The van der Waals surface area contributed by atoms with Crippen molar-refractivity contribution in [3.05, 3.63) is 27.5 Å². The van der Waals surface area contributed by atoms with Gasteiger partial charge in [-0.3, -0.25) is 0 Å². The Bertz CT molecular complexity index is 343. The van der Waals surface area contributed by atoms with E-state index >= 15 is 0 Å². The number of aromatic amines is 1. The van der Waals surface area contributed by atoms with Crippen LogP contribution < -0.4 is 0 Å². The molecule has 0 saturated carbocycles. The van der Waals surface area contributed by atoms with Crippen LogP contribution in [-0.2, 0) is 6.18 Å². The minimum Gasteiger partial charge on any atom is -0.352 e. The van der Waals surface area contributed by atoms with Gasteiger partial charge in [0.15, 0.2) is 0 Å². The topological polar surface area (TPSA) is 15.8 Å². The Balaban J connectivity index is 3.36. The van der Waals surface area contributed by atoms with Crippen molar-refractivity contribution in [3.8, 4) is 0 Å². The summed E-state index contributed by atoms with van der Waals surface area (Å²) in [7, 11) is 0. The van der Waals surface area contributed by atoms with Gasteiger partial charge in [-0.25, -0.2) is 0 Å². The van der Waals surface area contributed by atoms with E-state index in [-0.39, 0.29) is 4.64 Å². The third kappa shape index (κ3) is 1.78. The van der Waals surface area contributed by atoms with E-state index in [0.29, 0.717) is 0 Å². The van der Waals surface area contributed by atoms with Gasteiger partial charge in [0.05, 0.1) is 10.6 Å². The van der Waals surface area contributed by atoms with Crippen LogP contribution in [-0.4, -0.2) is 4.98 Å². The summed E-state index contributed by atoms with van der Waals surface area (Å²) < 4.78 is 36.1. The molecule has 12 heavy (non-hydrogen) atoms. The average molecular weight is 214 g/mol. The normalized spacial score (nSPS) is 11.7. The molecule has 0 bridgehead atoms. The number of aromatic nitrogens is 1. The number of hydrogen-bond donors (Lipinski definition) is 1. The van der Waals surface area contributed by atoms with E-state index < -0.39 is 16.8 Å². The van der Waals surface area contributed by atoms with Gasteiger partial charge < -0.3 is 4.98 Å². The van der Waals surface area contributed by atoms with Gasteiger partial charge in [0.25, 0.3) is 0 Å². The molecular formula is C6H3ClF3NS. The van der Waals surface area contributed by atoms with Crippen LogP contribution in [0.5, 0.6) is 0 Å². The molecule has 1 aromatic rings. The van der Waals surface area contributed by atoms with Crippen molar-refractivity contribution in [1.82, 2.24) is 4.98 Å². The minimum atomic E-state index is -4.44. The highest BCUT2D eigenvalue weighted by atomic mass is 35.5. The van der Waals surface area contributed by atoms with Gasteiger partial charge in [0.2, 0.25) is 0 Å². The molecule has 1 N–H and O–H groups in total. The maximum atomic E-state index is 12.1. The van der Waals surface area contributed by atoms with Crippen LogP contribution in [0.1, 0.15) is 5.56 Å². The van der Waals surface area contributed by atoms with Crippen molar-refractivity contribution in [1.29, 1.82) is 0 Å². The molecule has 0 unspecified atom stereocenters. The largest absolute Gasteiger partial charge is 0.418 e. The summed E-state index contributed by atoms with van der Waals surface area (Å²) in [6.45, 7) is 0. The van der Waals surface area contributed by atoms with Gasteiger partial charge in [-0.2, -0.15) is 13.2 Å². The predicted octanol–water partition coefficient (Wildman–Crippen LogP) is 3.42. The number of pyridine rings is 1. The third-order valence-corrected chi connectivity index (χ3v) is 2.03.